The monoisotopic (exact) mass is 408 g/mol. The summed E-state index contributed by atoms with van der Waals surface area (Å²) >= 11 is 6.50. The zero-order chi connectivity index (χ0) is 19.8. The number of benzene rings is 1. The van der Waals surface area contributed by atoms with E-state index in [4.69, 9.17) is 17.3 Å². The van der Waals surface area contributed by atoms with E-state index in [1.54, 1.807) is 35.2 Å². The van der Waals surface area contributed by atoms with E-state index in [9.17, 15) is 19.5 Å². The minimum atomic E-state index is -1.07. The predicted octanol–water partition coefficient (Wildman–Crippen LogP) is 2.35. The van der Waals surface area contributed by atoms with Gasteiger partial charge in [0.1, 0.15) is 16.6 Å². The van der Waals surface area contributed by atoms with Crippen LogP contribution in [-0.2, 0) is 14.4 Å². The highest BCUT2D eigenvalue weighted by molar-refractivity contribution is 8.26. The fraction of sp³-hybridized carbons (Fsp3) is 0.333. The van der Waals surface area contributed by atoms with Crippen molar-refractivity contribution >= 4 is 52.2 Å². The summed E-state index contributed by atoms with van der Waals surface area (Å²) in [5, 5.41) is 20.3. The molecular weight excluding hydrogens is 388 g/mol. The third-order valence-electron chi connectivity index (χ3n) is 3.76. The number of thiocarbonyl (C=S) groups is 1. The Bertz CT molecular complexity index is 779. The molecule has 0 unspecified atom stereocenters. The number of carboxylic acid groups (broad SMARTS) is 1. The molecule has 2 amide bonds. The highest BCUT2D eigenvalue weighted by atomic mass is 32.2. The molecule has 0 radical (unpaired) electrons. The molecule has 1 heterocycles. The van der Waals surface area contributed by atoms with Gasteiger partial charge in [0.15, 0.2) is 0 Å². The maximum atomic E-state index is 12.5. The average molecular weight is 409 g/mol. The number of phenolic OH excluding ortho intramolecular Hbond substituents is 1. The molecule has 1 aliphatic heterocycles. The van der Waals surface area contributed by atoms with E-state index in [2.05, 4.69) is 5.32 Å². The highest BCUT2D eigenvalue weighted by Gasteiger charge is 2.31. The molecule has 0 aromatic heterocycles. The first kappa shape index (κ1) is 20.9. The predicted molar refractivity (Wildman–Crippen MR) is 107 cm³/mol. The van der Waals surface area contributed by atoms with Crippen LogP contribution in [0.3, 0.4) is 0 Å². The van der Waals surface area contributed by atoms with Crippen molar-refractivity contribution in [3.05, 3.63) is 34.7 Å². The minimum absolute atomic E-state index is 0.131. The van der Waals surface area contributed by atoms with Crippen LogP contribution in [0.4, 0.5) is 0 Å². The molecule has 0 atom stereocenters. The molecular formula is C18H20N2O5S2. The molecule has 1 fully saturated rings. The standard InChI is InChI=1S/C18H20N2O5S2/c21-13-6-4-5-12(9-13)10-14-17(25)20(18(26)27-14)8-3-1-2-7-15(22)19-11-16(23)24/h4-6,9-10,21H,1-3,7-8,11H2,(H,19,22)(H,23,24)/b14-10-. The molecule has 144 valence electrons. The number of carbonyl (C=O) groups excluding carboxylic acids is 2. The zero-order valence-electron chi connectivity index (χ0n) is 14.5. The summed E-state index contributed by atoms with van der Waals surface area (Å²) in [5.74, 6) is -1.40. The van der Waals surface area contributed by atoms with Gasteiger partial charge >= 0.3 is 5.97 Å². The van der Waals surface area contributed by atoms with Crippen molar-refractivity contribution in [1.29, 1.82) is 0 Å². The third-order valence-corrected chi connectivity index (χ3v) is 5.14. The average Bonchev–Trinajstić information content (AvgIpc) is 2.87. The summed E-state index contributed by atoms with van der Waals surface area (Å²) in [5.41, 5.74) is 0.725. The fourth-order valence-corrected chi connectivity index (χ4v) is 3.76. The first-order chi connectivity index (χ1) is 12.9. The van der Waals surface area contributed by atoms with E-state index in [-0.39, 0.29) is 30.5 Å². The summed E-state index contributed by atoms with van der Waals surface area (Å²) in [4.78, 5) is 36.3. The van der Waals surface area contributed by atoms with Crippen molar-refractivity contribution in [3.8, 4) is 5.75 Å². The highest BCUT2D eigenvalue weighted by Crippen LogP contribution is 2.33. The molecule has 0 spiro atoms. The lowest BCUT2D eigenvalue weighted by Crippen LogP contribution is -2.29. The first-order valence-corrected chi connectivity index (χ1v) is 9.62. The summed E-state index contributed by atoms with van der Waals surface area (Å²) in [6.07, 6.45) is 3.98. The van der Waals surface area contributed by atoms with Gasteiger partial charge < -0.3 is 15.5 Å². The molecule has 27 heavy (non-hydrogen) atoms. The number of hydrogen-bond acceptors (Lipinski definition) is 6. The number of thioether (sulfide) groups is 1. The second-order valence-electron chi connectivity index (χ2n) is 5.91. The second kappa shape index (κ2) is 10.1. The Morgan fingerprint density at radius 2 is 2.04 bits per heavy atom. The number of aromatic hydroxyl groups is 1. The maximum Gasteiger partial charge on any atom is 0.322 e. The van der Waals surface area contributed by atoms with E-state index < -0.39 is 5.97 Å². The Morgan fingerprint density at radius 3 is 2.74 bits per heavy atom. The number of rotatable bonds is 9. The quantitative estimate of drug-likeness (QED) is 0.327. The Kier molecular flexibility index (Phi) is 7.81. The lowest BCUT2D eigenvalue weighted by molar-refractivity contribution is -0.137. The topological polar surface area (TPSA) is 107 Å². The number of hydrogen-bond donors (Lipinski definition) is 3. The number of nitrogens with one attached hydrogen (secondary N) is 1. The molecule has 0 bridgehead atoms. The van der Waals surface area contributed by atoms with E-state index in [1.165, 1.54) is 11.8 Å². The van der Waals surface area contributed by atoms with E-state index >= 15 is 0 Å². The van der Waals surface area contributed by atoms with Crippen molar-refractivity contribution in [2.45, 2.75) is 25.7 Å². The van der Waals surface area contributed by atoms with Crippen molar-refractivity contribution in [2.75, 3.05) is 13.1 Å². The molecule has 1 aromatic rings. The van der Waals surface area contributed by atoms with Gasteiger partial charge in [0.2, 0.25) is 5.91 Å². The molecule has 9 heteroatoms. The van der Waals surface area contributed by atoms with Gasteiger partial charge in [0.05, 0.1) is 4.91 Å². The van der Waals surface area contributed by atoms with Crippen LogP contribution < -0.4 is 5.32 Å². The maximum absolute atomic E-state index is 12.5. The molecule has 7 nitrogen and oxygen atoms in total. The fourth-order valence-electron chi connectivity index (χ4n) is 2.45. The van der Waals surface area contributed by atoms with Crippen LogP contribution in [-0.4, -0.2) is 50.3 Å². The minimum Gasteiger partial charge on any atom is -0.508 e. The Hall–Kier alpha value is -2.39. The lowest BCUT2D eigenvalue weighted by atomic mass is 10.1. The molecule has 3 N–H and O–H groups in total. The number of unbranched alkanes of at least 4 members (excludes halogenated alkanes) is 2. The lowest BCUT2D eigenvalue weighted by Gasteiger charge is -2.14. The largest absolute Gasteiger partial charge is 0.508 e. The van der Waals surface area contributed by atoms with Gasteiger partial charge in [-0.3, -0.25) is 19.3 Å². The van der Waals surface area contributed by atoms with Crippen LogP contribution in [0.15, 0.2) is 29.2 Å². The molecule has 1 aliphatic rings. The van der Waals surface area contributed by atoms with Gasteiger partial charge in [-0.1, -0.05) is 42.5 Å². The number of aliphatic carboxylic acids is 1. The van der Waals surface area contributed by atoms with E-state index in [0.717, 1.165) is 12.0 Å². The number of phenols is 1. The van der Waals surface area contributed by atoms with Gasteiger partial charge in [-0.15, -0.1) is 0 Å². The number of carboxylic acids is 1. The molecule has 2 rings (SSSR count). The normalized spacial score (nSPS) is 15.4. The van der Waals surface area contributed by atoms with Gasteiger partial charge in [0.25, 0.3) is 5.91 Å². The van der Waals surface area contributed by atoms with Crippen LogP contribution in [0.25, 0.3) is 6.08 Å². The number of carbonyl (C=O) groups is 3. The van der Waals surface area contributed by atoms with Crippen molar-refractivity contribution in [1.82, 2.24) is 10.2 Å². The smallest absolute Gasteiger partial charge is 0.322 e. The number of amides is 2. The van der Waals surface area contributed by atoms with Crippen molar-refractivity contribution in [3.63, 3.8) is 0 Å². The SMILES string of the molecule is O=C(O)CNC(=O)CCCCCN1C(=O)/C(=C/c2cccc(O)c2)SC1=S. The second-order valence-corrected chi connectivity index (χ2v) is 7.59. The third kappa shape index (κ3) is 6.69. The van der Waals surface area contributed by atoms with E-state index in [1.807, 2.05) is 0 Å². The Labute approximate surface area is 166 Å². The van der Waals surface area contributed by atoms with Crippen LogP contribution in [0.1, 0.15) is 31.2 Å². The van der Waals surface area contributed by atoms with Crippen LogP contribution in [0, 0.1) is 0 Å². The van der Waals surface area contributed by atoms with Crippen molar-refractivity contribution < 1.29 is 24.6 Å². The van der Waals surface area contributed by atoms with Gasteiger partial charge in [-0.05, 0) is 36.6 Å². The van der Waals surface area contributed by atoms with Crippen molar-refractivity contribution in [2.24, 2.45) is 0 Å². The van der Waals surface area contributed by atoms with E-state index in [0.29, 0.717) is 28.6 Å². The Morgan fingerprint density at radius 1 is 1.26 bits per heavy atom. The van der Waals surface area contributed by atoms with Gasteiger partial charge in [0, 0.05) is 13.0 Å². The van der Waals surface area contributed by atoms with Gasteiger partial charge in [-0.2, -0.15) is 0 Å². The molecule has 0 saturated carbocycles. The van der Waals surface area contributed by atoms with Crippen LogP contribution in [0.5, 0.6) is 5.75 Å². The van der Waals surface area contributed by atoms with Crippen LogP contribution >= 0.6 is 24.0 Å². The Balaban J connectivity index is 1.77. The first-order valence-electron chi connectivity index (χ1n) is 8.39. The summed E-state index contributed by atoms with van der Waals surface area (Å²) in [6.45, 7) is 0.0969. The van der Waals surface area contributed by atoms with Gasteiger partial charge in [-0.25, -0.2) is 0 Å². The molecule has 0 aliphatic carbocycles. The molecule has 1 aromatic carbocycles. The summed E-state index contributed by atoms with van der Waals surface area (Å²) in [6, 6.07) is 6.63. The summed E-state index contributed by atoms with van der Waals surface area (Å²) in [7, 11) is 0. The zero-order valence-corrected chi connectivity index (χ0v) is 16.1. The number of nitrogens with zero attached hydrogens (tertiary/aromatic N) is 1. The summed E-state index contributed by atoms with van der Waals surface area (Å²) < 4.78 is 0.491. The molecule has 1 saturated heterocycles. The van der Waals surface area contributed by atoms with Crippen LogP contribution in [0.2, 0.25) is 0 Å².